The zero-order valence-electron chi connectivity index (χ0n) is 16.8. The van der Waals surface area contributed by atoms with Crippen molar-refractivity contribution < 1.29 is 4.79 Å². The van der Waals surface area contributed by atoms with Crippen molar-refractivity contribution in [1.29, 1.82) is 0 Å². The Hall–Kier alpha value is -3.66. The first-order valence-electron chi connectivity index (χ1n) is 9.55. The van der Waals surface area contributed by atoms with Crippen LogP contribution in [0, 0.1) is 6.92 Å². The predicted octanol–water partition coefficient (Wildman–Crippen LogP) is 5.53. The highest BCUT2D eigenvalue weighted by Crippen LogP contribution is 2.29. The van der Waals surface area contributed by atoms with E-state index in [0.29, 0.717) is 5.56 Å². The Morgan fingerprint density at radius 3 is 2.62 bits per heavy atom. The van der Waals surface area contributed by atoms with Crippen LogP contribution in [0.4, 0.5) is 11.4 Å². The molecule has 4 nitrogen and oxygen atoms in total. The molecule has 3 aromatic carbocycles. The van der Waals surface area contributed by atoms with Gasteiger partial charge < -0.3 is 10.2 Å². The number of hydrogen-bond donors (Lipinski definition) is 1. The van der Waals surface area contributed by atoms with E-state index in [2.05, 4.69) is 35.4 Å². The second-order valence-corrected chi connectivity index (χ2v) is 7.37. The van der Waals surface area contributed by atoms with Gasteiger partial charge in [-0.15, -0.1) is 0 Å². The van der Waals surface area contributed by atoms with Gasteiger partial charge in [0.1, 0.15) is 0 Å². The first-order chi connectivity index (χ1) is 14.0. The number of fused-ring (bicyclic) bond motifs is 1. The summed E-state index contributed by atoms with van der Waals surface area (Å²) in [7, 11) is 3.92. The fourth-order valence-electron chi connectivity index (χ4n) is 3.39. The Bertz CT molecular complexity index is 1200. The lowest BCUT2D eigenvalue weighted by molar-refractivity contribution is 0.102. The molecular formula is C25H23N3O. The van der Waals surface area contributed by atoms with Gasteiger partial charge in [-0.25, -0.2) is 0 Å². The largest absolute Gasteiger partial charge is 0.378 e. The summed E-state index contributed by atoms with van der Waals surface area (Å²) >= 11 is 0. The summed E-state index contributed by atoms with van der Waals surface area (Å²) in [5, 5.41) is 5.28. The predicted molar refractivity (Wildman–Crippen MR) is 121 cm³/mol. The number of aromatic nitrogens is 1. The first kappa shape index (κ1) is 18.7. The number of hydrogen-bond acceptors (Lipinski definition) is 3. The maximum Gasteiger partial charge on any atom is 0.255 e. The van der Waals surface area contributed by atoms with Crippen LogP contribution in [-0.4, -0.2) is 25.0 Å². The van der Waals surface area contributed by atoms with Gasteiger partial charge in [0.05, 0.1) is 0 Å². The Morgan fingerprint density at radius 1 is 0.931 bits per heavy atom. The molecule has 0 aliphatic carbocycles. The van der Waals surface area contributed by atoms with E-state index in [1.807, 2.05) is 73.7 Å². The van der Waals surface area contributed by atoms with Gasteiger partial charge in [-0.05, 0) is 71.5 Å². The van der Waals surface area contributed by atoms with E-state index in [9.17, 15) is 4.79 Å². The SMILES string of the molecule is Cc1ccc(NC(=O)c2cccc(N(C)C)c2)cc1-c1ccc2ccncc2c1. The number of aryl methyl sites for hydroxylation is 1. The fraction of sp³-hybridized carbons (Fsp3) is 0.120. The van der Waals surface area contributed by atoms with Crippen LogP contribution < -0.4 is 10.2 Å². The average molecular weight is 381 g/mol. The van der Waals surface area contributed by atoms with Crippen molar-refractivity contribution in [3.05, 3.63) is 90.3 Å². The second-order valence-electron chi connectivity index (χ2n) is 7.37. The normalized spacial score (nSPS) is 10.7. The minimum Gasteiger partial charge on any atom is -0.378 e. The number of rotatable bonds is 4. The second kappa shape index (κ2) is 7.76. The Morgan fingerprint density at radius 2 is 1.79 bits per heavy atom. The molecule has 0 aliphatic heterocycles. The molecule has 29 heavy (non-hydrogen) atoms. The van der Waals surface area contributed by atoms with Crippen LogP contribution in [0.3, 0.4) is 0 Å². The number of amides is 1. The van der Waals surface area contributed by atoms with E-state index in [-0.39, 0.29) is 5.91 Å². The van der Waals surface area contributed by atoms with Crippen LogP contribution in [0.2, 0.25) is 0 Å². The summed E-state index contributed by atoms with van der Waals surface area (Å²) in [4.78, 5) is 19.0. The van der Waals surface area contributed by atoms with Gasteiger partial charge in [-0.1, -0.05) is 24.3 Å². The standard InChI is InChI=1S/C25H23N3O/c1-17-7-10-22(27-25(29)20-5-4-6-23(14-20)28(2)3)15-24(17)19-9-8-18-11-12-26-16-21(18)13-19/h4-16H,1-3H3,(H,27,29). The van der Waals surface area contributed by atoms with E-state index in [0.717, 1.165) is 38.8 Å². The molecule has 1 heterocycles. The number of carbonyl (C=O) groups excluding carboxylic acids is 1. The van der Waals surface area contributed by atoms with Crippen LogP contribution in [0.25, 0.3) is 21.9 Å². The summed E-state index contributed by atoms with van der Waals surface area (Å²) < 4.78 is 0. The van der Waals surface area contributed by atoms with Gasteiger partial charge in [0.25, 0.3) is 5.91 Å². The number of nitrogens with one attached hydrogen (secondary N) is 1. The number of carbonyl (C=O) groups is 1. The van der Waals surface area contributed by atoms with Crippen molar-refractivity contribution in [2.45, 2.75) is 6.92 Å². The van der Waals surface area contributed by atoms with Gasteiger partial charge in [0.15, 0.2) is 0 Å². The highest BCUT2D eigenvalue weighted by Gasteiger charge is 2.10. The number of anilines is 2. The molecule has 0 saturated heterocycles. The summed E-state index contributed by atoms with van der Waals surface area (Å²) in [6.45, 7) is 2.08. The van der Waals surface area contributed by atoms with Crippen molar-refractivity contribution in [2.24, 2.45) is 0 Å². The van der Waals surface area contributed by atoms with E-state index in [4.69, 9.17) is 0 Å². The first-order valence-corrected chi connectivity index (χ1v) is 9.55. The maximum absolute atomic E-state index is 12.8. The third-order valence-corrected chi connectivity index (χ3v) is 5.07. The third-order valence-electron chi connectivity index (χ3n) is 5.07. The molecule has 0 bridgehead atoms. The molecule has 0 aliphatic rings. The topological polar surface area (TPSA) is 45.2 Å². The molecule has 4 aromatic rings. The van der Waals surface area contributed by atoms with Crippen molar-refractivity contribution in [3.63, 3.8) is 0 Å². The summed E-state index contributed by atoms with van der Waals surface area (Å²) in [6.07, 6.45) is 3.67. The Balaban J connectivity index is 1.64. The smallest absolute Gasteiger partial charge is 0.255 e. The minimum atomic E-state index is -0.119. The number of benzene rings is 3. The highest BCUT2D eigenvalue weighted by molar-refractivity contribution is 6.05. The zero-order valence-corrected chi connectivity index (χ0v) is 16.8. The Kier molecular flexibility index (Phi) is 5.00. The van der Waals surface area contributed by atoms with E-state index >= 15 is 0 Å². The molecule has 0 radical (unpaired) electrons. The summed E-state index contributed by atoms with van der Waals surface area (Å²) in [5.74, 6) is -0.119. The number of nitrogens with zero attached hydrogens (tertiary/aromatic N) is 2. The summed E-state index contributed by atoms with van der Waals surface area (Å²) in [5.41, 5.74) is 5.75. The maximum atomic E-state index is 12.8. The molecule has 1 aromatic heterocycles. The highest BCUT2D eigenvalue weighted by atomic mass is 16.1. The molecule has 4 rings (SSSR count). The molecule has 4 heteroatoms. The molecule has 0 saturated carbocycles. The van der Waals surface area contributed by atoms with E-state index in [1.54, 1.807) is 6.20 Å². The molecule has 0 spiro atoms. The van der Waals surface area contributed by atoms with Crippen LogP contribution >= 0.6 is 0 Å². The molecule has 1 N–H and O–H groups in total. The monoisotopic (exact) mass is 381 g/mol. The minimum absolute atomic E-state index is 0.119. The fourth-order valence-corrected chi connectivity index (χ4v) is 3.39. The van der Waals surface area contributed by atoms with Crippen molar-refractivity contribution in [1.82, 2.24) is 4.98 Å². The lowest BCUT2D eigenvalue weighted by Gasteiger charge is -2.14. The average Bonchev–Trinajstić information content (AvgIpc) is 2.74. The third kappa shape index (κ3) is 3.97. The van der Waals surface area contributed by atoms with Crippen LogP contribution in [0.15, 0.2) is 79.1 Å². The zero-order chi connectivity index (χ0) is 20.4. The van der Waals surface area contributed by atoms with Crippen molar-refractivity contribution in [3.8, 4) is 11.1 Å². The molecular weight excluding hydrogens is 358 g/mol. The lowest BCUT2D eigenvalue weighted by atomic mass is 9.98. The van der Waals surface area contributed by atoms with Crippen LogP contribution in [0.1, 0.15) is 15.9 Å². The van der Waals surface area contributed by atoms with Gasteiger partial charge >= 0.3 is 0 Å². The Labute approximate surface area is 170 Å². The van der Waals surface area contributed by atoms with Gasteiger partial charge in [0.2, 0.25) is 0 Å². The molecule has 0 atom stereocenters. The van der Waals surface area contributed by atoms with Crippen molar-refractivity contribution in [2.75, 3.05) is 24.3 Å². The van der Waals surface area contributed by atoms with Crippen LogP contribution in [-0.2, 0) is 0 Å². The van der Waals surface area contributed by atoms with Gasteiger partial charge in [0, 0.05) is 48.8 Å². The quantitative estimate of drug-likeness (QED) is 0.506. The van der Waals surface area contributed by atoms with Gasteiger partial charge in [-0.3, -0.25) is 9.78 Å². The molecule has 0 fully saturated rings. The molecule has 1 amide bonds. The molecule has 144 valence electrons. The molecule has 0 unspecified atom stereocenters. The van der Waals surface area contributed by atoms with E-state index in [1.165, 1.54) is 0 Å². The van der Waals surface area contributed by atoms with E-state index < -0.39 is 0 Å². The van der Waals surface area contributed by atoms with Crippen LogP contribution in [0.5, 0.6) is 0 Å². The lowest BCUT2D eigenvalue weighted by Crippen LogP contribution is -2.14. The van der Waals surface area contributed by atoms with Crippen molar-refractivity contribution >= 4 is 28.1 Å². The summed E-state index contributed by atoms with van der Waals surface area (Å²) in [6, 6.07) is 21.9. The van der Waals surface area contributed by atoms with Gasteiger partial charge in [-0.2, -0.15) is 0 Å². The number of pyridine rings is 1.